The van der Waals surface area contributed by atoms with E-state index in [0.29, 0.717) is 17.0 Å². The molecular formula is C19H23N3O4S. The number of ether oxygens (including phenoxy) is 1. The molecule has 7 nitrogen and oxygen atoms in total. The molecule has 2 aromatic carbocycles. The number of amides is 1. The number of anilines is 1. The lowest BCUT2D eigenvalue weighted by atomic mass is 10.1. The molecule has 0 aliphatic carbocycles. The molecule has 1 amide bonds. The number of benzene rings is 2. The van der Waals surface area contributed by atoms with Crippen LogP contribution in [0.5, 0.6) is 5.75 Å². The molecule has 1 aliphatic rings. The molecule has 3 rings (SSSR count). The Hall–Kier alpha value is -2.58. The number of hydrogen-bond donors (Lipinski definition) is 3. The first-order valence-corrected chi connectivity index (χ1v) is 10.3. The third kappa shape index (κ3) is 4.78. The summed E-state index contributed by atoms with van der Waals surface area (Å²) in [5.41, 5.74) is 0.789. The lowest BCUT2D eigenvalue weighted by Gasteiger charge is -2.23. The molecule has 1 heterocycles. The molecule has 0 radical (unpaired) electrons. The van der Waals surface area contributed by atoms with Gasteiger partial charge >= 0.3 is 0 Å². The van der Waals surface area contributed by atoms with Crippen LogP contribution in [-0.2, 0) is 10.0 Å². The van der Waals surface area contributed by atoms with Gasteiger partial charge in [0.2, 0.25) is 0 Å². The fourth-order valence-corrected chi connectivity index (χ4v) is 4.02. The Morgan fingerprint density at radius 3 is 2.41 bits per heavy atom. The number of hydrogen-bond acceptors (Lipinski definition) is 5. The zero-order chi connectivity index (χ0) is 19.3. The molecule has 2 aromatic rings. The van der Waals surface area contributed by atoms with Crippen LogP contribution in [0, 0.1) is 0 Å². The van der Waals surface area contributed by atoms with Crippen molar-refractivity contribution in [3.8, 4) is 5.75 Å². The molecule has 1 fully saturated rings. The Kier molecular flexibility index (Phi) is 5.98. The van der Waals surface area contributed by atoms with Gasteiger partial charge in [-0.3, -0.25) is 9.52 Å². The van der Waals surface area contributed by atoms with Crippen LogP contribution in [-0.4, -0.2) is 40.6 Å². The van der Waals surface area contributed by atoms with Crippen molar-refractivity contribution in [3.63, 3.8) is 0 Å². The van der Waals surface area contributed by atoms with Crippen LogP contribution in [0.3, 0.4) is 0 Å². The second-order valence-electron chi connectivity index (χ2n) is 6.33. The standard InChI is InChI=1S/C19H23N3O4S/c1-26-18-5-3-2-4-17(18)22-27(24,25)16-8-6-14(7-9-16)19(23)21-15-10-12-20-13-11-15/h2-9,15,20,22H,10-13H2,1H3,(H,21,23). The quantitative estimate of drug-likeness (QED) is 0.702. The second kappa shape index (κ2) is 8.41. The molecule has 0 unspecified atom stereocenters. The molecule has 0 spiro atoms. The van der Waals surface area contributed by atoms with Gasteiger partial charge in [0.25, 0.3) is 15.9 Å². The molecule has 0 bridgehead atoms. The van der Waals surface area contributed by atoms with E-state index in [-0.39, 0.29) is 16.8 Å². The second-order valence-corrected chi connectivity index (χ2v) is 8.01. The number of nitrogens with one attached hydrogen (secondary N) is 3. The van der Waals surface area contributed by atoms with Gasteiger partial charge in [0.05, 0.1) is 17.7 Å². The Balaban J connectivity index is 1.70. The van der Waals surface area contributed by atoms with Crippen LogP contribution >= 0.6 is 0 Å². The number of methoxy groups -OCH3 is 1. The van der Waals surface area contributed by atoms with E-state index < -0.39 is 10.0 Å². The summed E-state index contributed by atoms with van der Waals surface area (Å²) in [5.74, 6) is 0.239. The van der Waals surface area contributed by atoms with Crippen molar-refractivity contribution in [2.45, 2.75) is 23.8 Å². The van der Waals surface area contributed by atoms with Crippen molar-refractivity contribution in [3.05, 3.63) is 54.1 Å². The minimum absolute atomic E-state index is 0.0758. The maximum absolute atomic E-state index is 12.6. The summed E-state index contributed by atoms with van der Waals surface area (Å²) in [6, 6.07) is 12.8. The van der Waals surface area contributed by atoms with E-state index >= 15 is 0 Å². The summed E-state index contributed by atoms with van der Waals surface area (Å²) < 4.78 is 32.9. The van der Waals surface area contributed by atoms with Crippen molar-refractivity contribution in [2.24, 2.45) is 0 Å². The molecule has 144 valence electrons. The maximum atomic E-state index is 12.6. The van der Waals surface area contributed by atoms with Gasteiger partial charge in [0.15, 0.2) is 0 Å². The minimum atomic E-state index is -3.79. The zero-order valence-electron chi connectivity index (χ0n) is 15.1. The van der Waals surface area contributed by atoms with E-state index in [9.17, 15) is 13.2 Å². The zero-order valence-corrected chi connectivity index (χ0v) is 15.9. The van der Waals surface area contributed by atoms with E-state index in [0.717, 1.165) is 25.9 Å². The van der Waals surface area contributed by atoms with Gasteiger partial charge in [-0.25, -0.2) is 8.42 Å². The van der Waals surface area contributed by atoms with Gasteiger partial charge in [-0.1, -0.05) is 12.1 Å². The van der Waals surface area contributed by atoms with E-state index in [1.807, 2.05) is 0 Å². The van der Waals surface area contributed by atoms with Crippen molar-refractivity contribution < 1.29 is 17.9 Å². The largest absolute Gasteiger partial charge is 0.495 e. The monoisotopic (exact) mass is 389 g/mol. The SMILES string of the molecule is COc1ccccc1NS(=O)(=O)c1ccc(C(=O)NC2CCNCC2)cc1. The van der Waals surface area contributed by atoms with Crippen molar-refractivity contribution in [1.82, 2.24) is 10.6 Å². The van der Waals surface area contributed by atoms with Crippen LogP contribution in [0.2, 0.25) is 0 Å². The first-order chi connectivity index (χ1) is 13.0. The summed E-state index contributed by atoms with van der Waals surface area (Å²) >= 11 is 0. The normalized spacial score (nSPS) is 15.1. The summed E-state index contributed by atoms with van der Waals surface area (Å²) in [5, 5.41) is 6.23. The van der Waals surface area contributed by atoms with Crippen LogP contribution in [0.25, 0.3) is 0 Å². The van der Waals surface area contributed by atoms with Gasteiger partial charge in [-0.15, -0.1) is 0 Å². The van der Waals surface area contributed by atoms with Gasteiger partial charge < -0.3 is 15.4 Å². The van der Waals surface area contributed by atoms with Gasteiger partial charge in [0, 0.05) is 11.6 Å². The van der Waals surface area contributed by atoms with Crippen molar-refractivity contribution >= 4 is 21.6 Å². The molecule has 0 atom stereocenters. The minimum Gasteiger partial charge on any atom is -0.495 e. The Morgan fingerprint density at radius 1 is 1.07 bits per heavy atom. The third-order valence-corrected chi connectivity index (χ3v) is 5.83. The Bertz CT molecular complexity index is 891. The fourth-order valence-electron chi connectivity index (χ4n) is 2.95. The van der Waals surface area contributed by atoms with Crippen molar-refractivity contribution in [2.75, 3.05) is 24.9 Å². The van der Waals surface area contributed by atoms with E-state index in [1.54, 1.807) is 24.3 Å². The number of carbonyl (C=O) groups excluding carboxylic acids is 1. The molecule has 27 heavy (non-hydrogen) atoms. The number of sulfonamides is 1. The molecular weight excluding hydrogens is 366 g/mol. The van der Waals surface area contributed by atoms with Crippen molar-refractivity contribution in [1.29, 1.82) is 0 Å². The Labute approximate surface area is 159 Å². The first-order valence-electron chi connectivity index (χ1n) is 8.77. The number of rotatable bonds is 6. The van der Waals surface area contributed by atoms with Crippen LogP contribution in [0.4, 0.5) is 5.69 Å². The van der Waals surface area contributed by atoms with E-state index in [1.165, 1.54) is 31.4 Å². The molecule has 1 saturated heterocycles. The lowest BCUT2D eigenvalue weighted by molar-refractivity contribution is 0.0929. The third-order valence-electron chi connectivity index (χ3n) is 4.45. The van der Waals surface area contributed by atoms with Crippen LogP contribution < -0.4 is 20.1 Å². The average molecular weight is 389 g/mol. The van der Waals surface area contributed by atoms with Gasteiger partial charge in [0.1, 0.15) is 5.75 Å². The number of piperidine rings is 1. The topological polar surface area (TPSA) is 96.5 Å². The number of carbonyl (C=O) groups is 1. The molecule has 8 heteroatoms. The van der Waals surface area contributed by atoms with Gasteiger partial charge in [-0.05, 0) is 62.3 Å². The van der Waals surface area contributed by atoms with Crippen LogP contribution in [0.15, 0.2) is 53.4 Å². The summed E-state index contributed by atoms with van der Waals surface area (Å²) in [7, 11) is -2.31. The van der Waals surface area contributed by atoms with E-state index in [2.05, 4.69) is 15.4 Å². The van der Waals surface area contributed by atoms with Crippen LogP contribution in [0.1, 0.15) is 23.2 Å². The summed E-state index contributed by atoms with van der Waals surface area (Å²) in [6.45, 7) is 1.77. The predicted octanol–water partition coefficient (Wildman–Crippen LogP) is 1.98. The molecule has 0 aromatic heterocycles. The molecule has 0 saturated carbocycles. The molecule has 3 N–H and O–H groups in total. The molecule has 1 aliphatic heterocycles. The maximum Gasteiger partial charge on any atom is 0.262 e. The highest BCUT2D eigenvalue weighted by Crippen LogP contribution is 2.26. The highest BCUT2D eigenvalue weighted by molar-refractivity contribution is 7.92. The predicted molar refractivity (Wildman–Crippen MR) is 104 cm³/mol. The fraction of sp³-hybridized carbons (Fsp3) is 0.316. The lowest BCUT2D eigenvalue weighted by Crippen LogP contribution is -2.42. The Morgan fingerprint density at radius 2 is 1.74 bits per heavy atom. The first kappa shape index (κ1) is 19.2. The average Bonchev–Trinajstić information content (AvgIpc) is 2.69. The van der Waals surface area contributed by atoms with Gasteiger partial charge in [-0.2, -0.15) is 0 Å². The van der Waals surface area contributed by atoms with E-state index in [4.69, 9.17) is 4.74 Å². The smallest absolute Gasteiger partial charge is 0.262 e. The summed E-state index contributed by atoms with van der Waals surface area (Å²) in [6.07, 6.45) is 1.78. The highest BCUT2D eigenvalue weighted by Gasteiger charge is 2.19. The summed E-state index contributed by atoms with van der Waals surface area (Å²) in [4.78, 5) is 12.4. The highest BCUT2D eigenvalue weighted by atomic mass is 32.2. The number of para-hydroxylation sites is 2.